The van der Waals surface area contributed by atoms with Gasteiger partial charge in [-0.2, -0.15) is 0 Å². The minimum atomic E-state index is -0.343. The van der Waals surface area contributed by atoms with Gasteiger partial charge in [0.1, 0.15) is 5.58 Å². The molecule has 0 saturated heterocycles. The second-order valence-corrected chi connectivity index (χ2v) is 5.73. The molecule has 0 unspecified atom stereocenters. The average molecular weight is 341 g/mol. The molecule has 0 fully saturated rings. The molecule has 2 aromatic heterocycles. The van der Waals surface area contributed by atoms with Crippen LogP contribution in [0.25, 0.3) is 22.5 Å². The fraction of sp³-hybridized carbons (Fsp3) is 0.263. The highest BCUT2D eigenvalue weighted by molar-refractivity contribution is 5.82. The van der Waals surface area contributed by atoms with Gasteiger partial charge in [0, 0.05) is 6.04 Å². The Bertz CT molecular complexity index is 927. The molecule has 1 aromatic carbocycles. The van der Waals surface area contributed by atoms with Gasteiger partial charge in [-0.25, -0.2) is 0 Å². The summed E-state index contributed by atoms with van der Waals surface area (Å²) in [5.74, 6) is 0.200. The van der Waals surface area contributed by atoms with Crippen LogP contribution in [-0.2, 0) is 4.79 Å². The number of amides is 1. The first kappa shape index (κ1) is 16.8. The summed E-state index contributed by atoms with van der Waals surface area (Å²) in [6.07, 6.45) is 2.28. The molecule has 0 aliphatic carbocycles. The maximum Gasteiger partial charge on any atom is 0.258 e. The van der Waals surface area contributed by atoms with Crippen molar-refractivity contribution in [3.63, 3.8) is 0 Å². The van der Waals surface area contributed by atoms with E-state index in [4.69, 9.17) is 13.6 Å². The van der Waals surface area contributed by atoms with Gasteiger partial charge in [-0.3, -0.25) is 9.59 Å². The molecule has 0 radical (unpaired) electrons. The molecule has 1 atom stereocenters. The Hall–Kier alpha value is -3.02. The van der Waals surface area contributed by atoms with Gasteiger partial charge in [-0.05, 0) is 37.6 Å². The van der Waals surface area contributed by atoms with Crippen LogP contribution >= 0.6 is 0 Å². The summed E-state index contributed by atoms with van der Waals surface area (Å²) in [6, 6.07) is 10.3. The van der Waals surface area contributed by atoms with Crippen molar-refractivity contribution in [1.29, 1.82) is 0 Å². The molecule has 130 valence electrons. The molecule has 1 amide bonds. The predicted molar refractivity (Wildman–Crippen MR) is 93.6 cm³/mol. The van der Waals surface area contributed by atoms with Crippen molar-refractivity contribution in [2.24, 2.45) is 0 Å². The maximum absolute atomic E-state index is 12.8. The highest BCUT2D eigenvalue weighted by Gasteiger charge is 2.20. The molecule has 2 heterocycles. The van der Waals surface area contributed by atoms with Gasteiger partial charge in [-0.1, -0.05) is 19.1 Å². The van der Waals surface area contributed by atoms with Crippen LogP contribution in [0.1, 0.15) is 20.3 Å². The summed E-state index contributed by atoms with van der Waals surface area (Å²) >= 11 is 0. The van der Waals surface area contributed by atoms with Crippen molar-refractivity contribution < 1.29 is 18.4 Å². The lowest BCUT2D eigenvalue weighted by atomic mass is 10.2. The van der Waals surface area contributed by atoms with Crippen molar-refractivity contribution in [3.8, 4) is 17.3 Å². The number of hydrogen-bond acceptors (Lipinski definition) is 5. The van der Waals surface area contributed by atoms with Gasteiger partial charge < -0.3 is 18.9 Å². The van der Waals surface area contributed by atoms with Crippen molar-refractivity contribution >= 4 is 16.9 Å². The smallest absolute Gasteiger partial charge is 0.258 e. The van der Waals surface area contributed by atoms with Gasteiger partial charge >= 0.3 is 0 Å². The number of carbonyl (C=O) groups excluding carboxylic acids is 1. The zero-order chi connectivity index (χ0) is 17.8. The van der Waals surface area contributed by atoms with Crippen molar-refractivity contribution in [1.82, 2.24) is 5.32 Å². The summed E-state index contributed by atoms with van der Waals surface area (Å²) in [6.45, 7) is 3.59. The van der Waals surface area contributed by atoms with E-state index in [1.165, 1.54) is 6.26 Å². The normalized spacial score (nSPS) is 12.1. The largest absolute Gasteiger partial charge is 0.476 e. The van der Waals surface area contributed by atoms with E-state index in [0.29, 0.717) is 16.7 Å². The third kappa shape index (κ3) is 3.57. The highest BCUT2D eigenvalue weighted by Crippen LogP contribution is 2.31. The molecule has 25 heavy (non-hydrogen) atoms. The Labute approximate surface area is 144 Å². The number of benzene rings is 1. The third-order valence-corrected chi connectivity index (χ3v) is 3.87. The van der Waals surface area contributed by atoms with Gasteiger partial charge in [0.05, 0.1) is 11.6 Å². The van der Waals surface area contributed by atoms with E-state index >= 15 is 0 Å². The van der Waals surface area contributed by atoms with E-state index in [1.807, 2.05) is 13.8 Å². The standard InChI is InChI=1S/C19H19NO5/c1-3-12(2)20-16(21)11-24-19-17(22)13-7-4-5-8-14(13)25-18(19)15-9-6-10-23-15/h4-10,12H,3,11H2,1-2H3,(H,20,21)/t12-/m1/s1. The summed E-state index contributed by atoms with van der Waals surface area (Å²) in [4.78, 5) is 24.7. The Morgan fingerprint density at radius 2 is 2.04 bits per heavy atom. The average Bonchev–Trinajstić information content (AvgIpc) is 3.15. The van der Waals surface area contributed by atoms with Crippen LogP contribution in [0, 0.1) is 0 Å². The summed E-state index contributed by atoms with van der Waals surface area (Å²) < 4.78 is 16.7. The number of rotatable bonds is 6. The van der Waals surface area contributed by atoms with Crippen LogP contribution in [0.15, 0.2) is 56.3 Å². The molecular formula is C19H19NO5. The number of hydrogen-bond donors (Lipinski definition) is 1. The SMILES string of the molecule is CC[C@@H](C)NC(=O)COc1c(-c2ccco2)oc2ccccc2c1=O. The first-order valence-electron chi connectivity index (χ1n) is 8.12. The van der Waals surface area contributed by atoms with Crippen LogP contribution in [0.4, 0.5) is 0 Å². The Balaban J connectivity index is 1.98. The van der Waals surface area contributed by atoms with E-state index in [1.54, 1.807) is 36.4 Å². The zero-order valence-electron chi connectivity index (χ0n) is 14.1. The number of fused-ring (bicyclic) bond motifs is 1. The topological polar surface area (TPSA) is 81.7 Å². The molecule has 0 saturated carbocycles. The Kier molecular flexibility index (Phi) is 4.88. The lowest BCUT2D eigenvalue weighted by molar-refractivity contribution is -0.123. The molecular weight excluding hydrogens is 322 g/mol. The maximum atomic E-state index is 12.8. The van der Waals surface area contributed by atoms with Crippen molar-refractivity contribution in [3.05, 3.63) is 52.9 Å². The minimum Gasteiger partial charge on any atom is -0.476 e. The zero-order valence-corrected chi connectivity index (χ0v) is 14.1. The van der Waals surface area contributed by atoms with E-state index in [-0.39, 0.29) is 35.5 Å². The van der Waals surface area contributed by atoms with Gasteiger partial charge in [0.2, 0.25) is 16.9 Å². The number of nitrogens with one attached hydrogen (secondary N) is 1. The van der Waals surface area contributed by atoms with Crippen molar-refractivity contribution in [2.75, 3.05) is 6.61 Å². The quantitative estimate of drug-likeness (QED) is 0.743. The molecule has 0 spiro atoms. The molecule has 6 nitrogen and oxygen atoms in total. The number of para-hydroxylation sites is 1. The molecule has 0 aliphatic heterocycles. The number of carbonyl (C=O) groups is 1. The lowest BCUT2D eigenvalue weighted by Gasteiger charge is -2.13. The summed E-state index contributed by atoms with van der Waals surface area (Å²) in [5.41, 5.74) is 0.0832. The Morgan fingerprint density at radius 3 is 2.76 bits per heavy atom. The molecule has 6 heteroatoms. The second-order valence-electron chi connectivity index (χ2n) is 5.73. The highest BCUT2D eigenvalue weighted by atomic mass is 16.5. The second kappa shape index (κ2) is 7.25. The van der Waals surface area contributed by atoms with Crippen LogP contribution < -0.4 is 15.5 Å². The Morgan fingerprint density at radius 1 is 1.24 bits per heavy atom. The number of furan rings is 1. The summed E-state index contributed by atoms with van der Waals surface area (Å²) in [7, 11) is 0. The summed E-state index contributed by atoms with van der Waals surface area (Å²) in [5, 5.41) is 3.18. The number of ether oxygens (including phenoxy) is 1. The van der Waals surface area contributed by atoms with Gasteiger partial charge in [0.15, 0.2) is 12.4 Å². The van der Waals surface area contributed by atoms with E-state index in [2.05, 4.69) is 5.32 Å². The molecule has 1 N–H and O–H groups in total. The van der Waals surface area contributed by atoms with Crippen LogP contribution in [0.3, 0.4) is 0 Å². The first-order valence-corrected chi connectivity index (χ1v) is 8.12. The lowest BCUT2D eigenvalue weighted by Crippen LogP contribution is -2.36. The molecule has 3 aromatic rings. The van der Waals surface area contributed by atoms with E-state index in [9.17, 15) is 9.59 Å². The van der Waals surface area contributed by atoms with E-state index < -0.39 is 0 Å². The van der Waals surface area contributed by atoms with Crippen molar-refractivity contribution in [2.45, 2.75) is 26.3 Å². The fourth-order valence-corrected chi connectivity index (χ4v) is 2.38. The van der Waals surface area contributed by atoms with Crippen LogP contribution in [0.5, 0.6) is 5.75 Å². The molecule has 0 bridgehead atoms. The molecule has 3 rings (SSSR count). The van der Waals surface area contributed by atoms with Gasteiger partial charge in [0.25, 0.3) is 5.91 Å². The monoisotopic (exact) mass is 341 g/mol. The van der Waals surface area contributed by atoms with Crippen LogP contribution in [-0.4, -0.2) is 18.6 Å². The van der Waals surface area contributed by atoms with Gasteiger partial charge in [-0.15, -0.1) is 0 Å². The van der Waals surface area contributed by atoms with Crippen LogP contribution in [0.2, 0.25) is 0 Å². The first-order chi connectivity index (χ1) is 12.1. The minimum absolute atomic E-state index is 0.0343. The molecule has 0 aliphatic rings. The van der Waals surface area contributed by atoms with E-state index in [0.717, 1.165) is 6.42 Å². The fourth-order valence-electron chi connectivity index (χ4n) is 2.38. The third-order valence-electron chi connectivity index (χ3n) is 3.87. The predicted octanol–water partition coefficient (Wildman–Crippen LogP) is 3.35.